The lowest BCUT2D eigenvalue weighted by molar-refractivity contribution is 0.0484. The van der Waals surface area contributed by atoms with E-state index in [0.29, 0.717) is 12.0 Å². The maximum absolute atomic E-state index is 5.93. The van der Waals surface area contributed by atoms with Crippen molar-refractivity contribution in [3.8, 4) is 5.75 Å². The van der Waals surface area contributed by atoms with Gasteiger partial charge in [-0.1, -0.05) is 13.8 Å². The smallest absolute Gasteiger partial charge is 0.119 e. The highest BCUT2D eigenvalue weighted by molar-refractivity contribution is 5.57. The Bertz CT molecular complexity index is 417. The molecule has 0 radical (unpaired) electrons. The number of hydrogen-bond donors (Lipinski definition) is 1. The third kappa shape index (κ3) is 3.41. The molecule has 3 nitrogen and oxygen atoms in total. The van der Waals surface area contributed by atoms with Crippen LogP contribution >= 0.6 is 0 Å². The third-order valence-electron chi connectivity index (χ3n) is 3.59. The average Bonchev–Trinajstić information content (AvgIpc) is 2.38. The van der Waals surface area contributed by atoms with Crippen molar-refractivity contribution in [2.75, 3.05) is 19.0 Å². The first-order valence-electron chi connectivity index (χ1n) is 7.20. The maximum Gasteiger partial charge on any atom is 0.119 e. The second-order valence-corrected chi connectivity index (χ2v) is 5.60. The zero-order chi connectivity index (χ0) is 13.8. The number of methoxy groups -OCH3 is 1. The van der Waals surface area contributed by atoms with Crippen molar-refractivity contribution in [1.82, 2.24) is 0 Å². The molecule has 19 heavy (non-hydrogen) atoms. The number of nitrogens with one attached hydrogen (secondary N) is 1. The fourth-order valence-corrected chi connectivity index (χ4v) is 2.81. The Kier molecular flexibility index (Phi) is 4.70. The topological polar surface area (TPSA) is 30.5 Å². The van der Waals surface area contributed by atoms with Crippen LogP contribution in [-0.4, -0.2) is 19.8 Å². The average molecular weight is 263 g/mol. The standard InChI is InChI=1S/C16H25NO2/c1-5-19-16-9-12(8-11(2)3)17-15-7-6-13(18-4)10-14(15)16/h6-7,10-12,16-17H,5,8-9H2,1-4H3/t12-,16+/m0/s1. The van der Waals surface area contributed by atoms with Crippen molar-refractivity contribution in [3.05, 3.63) is 23.8 Å². The van der Waals surface area contributed by atoms with Crippen molar-refractivity contribution in [2.45, 2.75) is 45.8 Å². The minimum Gasteiger partial charge on any atom is -0.497 e. The van der Waals surface area contributed by atoms with E-state index in [0.717, 1.165) is 18.8 Å². The van der Waals surface area contributed by atoms with Gasteiger partial charge >= 0.3 is 0 Å². The fraction of sp³-hybridized carbons (Fsp3) is 0.625. The van der Waals surface area contributed by atoms with Gasteiger partial charge in [0.2, 0.25) is 0 Å². The van der Waals surface area contributed by atoms with Crippen LogP contribution < -0.4 is 10.1 Å². The number of benzene rings is 1. The summed E-state index contributed by atoms with van der Waals surface area (Å²) in [5.74, 6) is 1.59. The van der Waals surface area contributed by atoms with E-state index in [2.05, 4.69) is 38.2 Å². The Balaban J connectivity index is 2.23. The fourth-order valence-electron chi connectivity index (χ4n) is 2.81. The van der Waals surface area contributed by atoms with Crippen molar-refractivity contribution in [3.63, 3.8) is 0 Å². The highest BCUT2D eigenvalue weighted by atomic mass is 16.5. The lowest BCUT2D eigenvalue weighted by Gasteiger charge is -2.34. The molecule has 106 valence electrons. The van der Waals surface area contributed by atoms with Crippen LogP contribution in [0.3, 0.4) is 0 Å². The maximum atomic E-state index is 5.93. The van der Waals surface area contributed by atoms with Gasteiger partial charge in [0.1, 0.15) is 5.75 Å². The highest BCUT2D eigenvalue weighted by Crippen LogP contribution is 2.38. The molecule has 0 saturated heterocycles. The van der Waals surface area contributed by atoms with Gasteiger partial charge in [0.25, 0.3) is 0 Å². The van der Waals surface area contributed by atoms with Gasteiger partial charge in [-0.15, -0.1) is 0 Å². The van der Waals surface area contributed by atoms with E-state index in [1.807, 2.05) is 6.07 Å². The Hall–Kier alpha value is -1.22. The summed E-state index contributed by atoms with van der Waals surface area (Å²) in [7, 11) is 1.70. The predicted molar refractivity (Wildman–Crippen MR) is 78.8 cm³/mol. The van der Waals surface area contributed by atoms with Gasteiger partial charge in [-0.25, -0.2) is 0 Å². The predicted octanol–water partition coefficient (Wildman–Crippen LogP) is 4.00. The van der Waals surface area contributed by atoms with E-state index in [-0.39, 0.29) is 6.10 Å². The van der Waals surface area contributed by atoms with Gasteiger partial charge in [0, 0.05) is 23.9 Å². The lowest BCUT2D eigenvalue weighted by atomic mass is 9.90. The summed E-state index contributed by atoms with van der Waals surface area (Å²) < 4.78 is 11.2. The van der Waals surface area contributed by atoms with E-state index in [9.17, 15) is 0 Å². The molecule has 0 bridgehead atoms. The van der Waals surface area contributed by atoms with Crippen LogP contribution in [0.25, 0.3) is 0 Å². The molecular weight excluding hydrogens is 238 g/mol. The summed E-state index contributed by atoms with van der Waals surface area (Å²) in [6.45, 7) is 7.33. The minimum absolute atomic E-state index is 0.181. The van der Waals surface area contributed by atoms with E-state index >= 15 is 0 Å². The minimum atomic E-state index is 0.181. The van der Waals surface area contributed by atoms with Crippen LogP contribution in [0.4, 0.5) is 5.69 Å². The lowest BCUT2D eigenvalue weighted by Crippen LogP contribution is -2.30. The zero-order valence-corrected chi connectivity index (χ0v) is 12.4. The molecule has 1 aliphatic rings. The molecule has 1 aliphatic heterocycles. The molecule has 0 unspecified atom stereocenters. The molecule has 0 fully saturated rings. The summed E-state index contributed by atoms with van der Waals surface area (Å²) in [6.07, 6.45) is 2.39. The summed E-state index contributed by atoms with van der Waals surface area (Å²) in [4.78, 5) is 0. The quantitative estimate of drug-likeness (QED) is 0.871. The molecule has 0 aromatic heterocycles. The number of rotatable bonds is 5. The van der Waals surface area contributed by atoms with E-state index in [1.165, 1.54) is 17.7 Å². The van der Waals surface area contributed by atoms with Gasteiger partial charge in [-0.2, -0.15) is 0 Å². The Morgan fingerprint density at radius 1 is 1.37 bits per heavy atom. The van der Waals surface area contributed by atoms with Gasteiger partial charge < -0.3 is 14.8 Å². The third-order valence-corrected chi connectivity index (χ3v) is 3.59. The van der Waals surface area contributed by atoms with Gasteiger partial charge in [-0.05, 0) is 43.9 Å². The molecular formula is C16H25NO2. The molecule has 1 N–H and O–H groups in total. The summed E-state index contributed by atoms with van der Waals surface area (Å²) >= 11 is 0. The zero-order valence-electron chi connectivity index (χ0n) is 12.4. The van der Waals surface area contributed by atoms with E-state index in [1.54, 1.807) is 7.11 Å². The van der Waals surface area contributed by atoms with Crippen molar-refractivity contribution < 1.29 is 9.47 Å². The number of ether oxygens (including phenoxy) is 2. The molecule has 0 amide bonds. The summed E-state index contributed by atoms with van der Waals surface area (Å²) in [5, 5.41) is 3.63. The molecule has 2 rings (SSSR count). The molecule has 1 heterocycles. The SMILES string of the molecule is CCO[C@@H]1C[C@H](CC(C)C)Nc2ccc(OC)cc21. The number of anilines is 1. The van der Waals surface area contributed by atoms with Gasteiger partial charge in [0.05, 0.1) is 13.2 Å². The molecule has 2 atom stereocenters. The van der Waals surface area contributed by atoms with Crippen molar-refractivity contribution >= 4 is 5.69 Å². The summed E-state index contributed by atoms with van der Waals surface area (Å²) in [5.41, 5.74) is 2.41. The monoisotopic (exact) mass is 263 g/mol. The number of hydrogen-bond acceptors (Lipinski definition) is 3. The second kappa shape index (κ2) is 6.29. The van der Waals surface area contributed by atoms with Gasteiger partial charge in [0.15, 0.2) is 0 Å². The Labute approximate surface area is 116 Å². The van der Waals surface area contributed by atoms with Crippen LogP contribution in [0.1, 0.15) is 45.3 Å². The van der Waals surface area contributed by atoms with Crippen LogP contribution in [-0.2, 0) is 4.74 Å². The van der Waals surface area contributed by atoms with E-state index < -0.39 is 0 Å². The molecule has 3 heteroatoms. The molecule has 0 spiro atoms. The largest absolute Gasteiger partial charge is 0.497 e. The first-order valence-corrected chi connectivity index (χ1v) is 7.20. The second-order valence-electron chi connectivity index (χ2n) is 5.60. The molecule has 1 aromatic rings. The van der Waals surface area contributed by atoms with Crippen LogP contribution in [0.15, 0.2) is 18.2 Å². The molecule has 0 aliphatic carbocycles. The summed E-state index contributed by atoms with van der Waals surface area (Å²) in [6, 6.07) is 6.70. The Morgan fingerprint density at radius 2 is 2.16 bits per heavy atom. The Morgan fingerprint density at radius 3 is 2.79 bits per heavy atom. The van der Waals surface area contributed by atoms with E-state index in [4.69, 9.17) is 9.47 Å². The molecule has 0 saturated carbocycles. The first kappa shape index (κ1) is 14.2. The highest BCUT2D eigenvalue weighted by Gasteiger charge is 2.27. The normalized spacial score (nSPS) is 21.9. The van der Waals surface area contributed by atoms with Gasteiger partial charge in [-0.3, -0.25) is 0 Å². The van der Waals surface area contributed by atoms with Crippen LogP contribution in [0.2, 0.25) is 0 Å². The van der Waals surface area contributed by atoms with Crippen LogP contribution in [0.5, 0.6) is 5.75 Å². The first-order chi connectivity index (χ1) is 9.13. The van der Waals surface area contributed by atoms with Crippen LogP contribution in [0, 0.1) is 5.92 Å². The van der Waals surface area contributed by atoms with Crippen molar-refractivity contribution in [2.24, 2.45) is 5.92 Å². The molecule has 1 aromatic carbocycles. The van der Waals surface area contributed by atoms with Crippen molar-refractivity contribution in [1.29, 1.82) is 0 Å². The number of fused-ring (bicyclic) bond motifs is 1.